The highest BCUT2D eigenvalue weighted by atomic mass is 19.1. The van der Waals surface area contributed by atoms with E-state index in [4.69, 9.17) is 10.5 Å². The third-order valence-electron chi connectivity index (χ3n) is 3.14. The second-order valence-electron chi connectivity index (χ2n) is 4.82. The number of hydrogen-bond donors (Lipinski definition) is 1. The van der Waals surface area contributed by atoms with Crippen molar-refractivity contribution in [2.75, 3.05) is 19.7 Å². The van der Waals surface area contributed by atoms with E-state index in [1.54, 1.807) is 17.0 Å². The molecule has 18 heavy (non-hydrogen) atoms. The van der Waals surface area contributed by atoms with Gasteiger partial charge in [-0.05, 0) is 24.6 Å². The van der Waals surface area contributed by atoms with Crippen LogP contribution in [0.5, 0.6) is 0 Å². The van der Waals surface area contributed by atoms with Crippen LogP contribution >= 0.6 is 0 Å². The summed E-state index contributed by atoms with van der Waals surface area (Å²) < 4.78 is 18.2. The molecule has 1 heterocycles. The standard InChI is InChI=1S/C13H17FN2O2/c1-13(8-15)9-16(12(17)7-18-13)6-10-2-4-11(14)5-3-10/h2-5H,6-9,15H2,1H3. The molecule has 1 saturated heterocycles. The van der Waals surface area contributed by atoms with Crippen molar-refractivity contribution in [1.82, 2.24) is 4.90 Å². The Kier molecular flexibility index (Phi) is 3.63. The molecule has 1 fully saturated rings. The van der Waals surface area contributed by atoms with Crippen LogP contribution in [0.15, 0.2) is 24.3 Å². The summed E-state index contributed by atoms with van der Waals surface area (Å²) >= 11 is 0. The van der Waals surface area contributed by atoms with Crippen molar-refractivity contribution in [2.45, 2.75) is 19.1 Å². The van der Waals surface area contributed by atoms with Gasteiger partial charge in [0.15, 0.2) is 0 Å². The van der Waals surface area contributed by atoms with Gasteiger partial charge in [0.25, 0.3) is 0 Å². The Bertz CT molecular complexity index is 435. The summed E-state index contributed by atoms with van der Waals surface area (Å²) in [7, 11) is 0. The largest absolute Gasteiger partial charge is 0.362 e. The van der Waals surface area contributed by atoms with E-state index in [1.165, 1.54) is 12.1 Å². The highest BCUT2D eigenvalue weighted by molar-refractivity contribution is 5.78. The van der Waals surface area contributed by atoms with E-state index in [-0.39, 0.29) is 18.3 Å². The molecule has 0 aromatic heterocycles. The van der Waals surface area contributed by atoms with Crippen LogP contribution in [0.2, 0.25) is 0 Å². The van der Waals surface area contributed by atoms with Gasteiger partial charge >= 0.3 is 0 Å². The summed E-state index contributed by atoms with van der Waals surface area (Å²) in [5.74, 6) is -0.343. The van der Waals surface area contributed by atoms with Gasteiger partial charge in [0.05, 0.1) is 12.1 Å². The van der Waals surface area contributed by atoms with Gasteiger partial charge in [0, 0.05) is 13.1 Å². The SMILES string of the molecule is CC1(CN)CN(Cc2ccc(F)cc2)C(=O)CO1. The van der Waals surface area contributed by atoms with Crippen LogP contribution in [0.4, 0.5) is 4.39 Å². The summed E-state index contributed by atoms with van der Waals surface area (Å²) in [6, 6.07) is 6.14. The van der Waals surface area contributed by atoms with Crippen molar-refractivity contribution in [3.63, 3.8) is 0 Å². The molecule has 0 bridgehead atoms. The summed E-state index contributed by atoms with van der Waals surface area (Å²) in [5.41, 5.74) is 6.05. The first-order valence-electron chi connectivity index (χ1n) is 5.89. The minimum atomic E-state index is -0.492. The molecule has 4 nitrogen and oxygen atoms in total. The fourth-order valence-corrected chi connectivity index (χ4v) is 1.94. The molecule has 98 valence electrons. The smallest absolute Gasteiger partial charge is 0.249 e. The molecule has 1 aliphatic rings. The van der Waals surface area contributed by atoms with Crippen LogP contribution in [-0.2, 0) is 16.1 Å². The van der Waals surface area contributed by atoms with Crippen molar-refractivity contribution in [3.05, 3.63) is 35.6 Å². The normalized spacial score (nSPS) is 24.4. The predicted octanol–water partition coefficient (Wildman–Crippen LogP) is 0.902. The molecule has 1 aliphatic heterocycles. The number of nitrogens with zero attached hydrogens (tertiary/aromatic N) is 1. The molecule has 2 rings (SSSR count). The fraction of sp³-hybridized carbons (Fsp3) is 0.462. The molecule has 0 radical (unpaired) electrons. The molecule has 1 atom stereocenters. The van der Waals surface area contributed by atoms with E-state index in [1.807, 2.05) is 6.92 Å². The number of rotatable bonds is 3. The Morgan fingerprint density at radius 1 is 1.44 bits per heavy atom. The minimum absolute atomic E-state index is 0.0505. The third-order valence-corrected chi connectivity index (χ3v) is 3.14. The molecule has 1 amide bonds. The average Bonchev–Trinajstić information content (AvgIpc) is 2.37. The Labute approximate surface area is 106 Å². The van der Waals surface area contributed by atoms with Gasteiger partial charge in [-0.25, -0.2) is 4.39 Å². The minimum Gasteiger partial charge on any atom is -0.362 e. The van der Waals surface area contributed by atoms with Crippen LogP contribution < -0.4 is 5.73 Å². The van der Waals surface area contributed by atoms with Gasteiger partial charge in [0.1, 0.15) is 12.4 Å². The maximum absolute atomic E-state index is 12.8. The molecular formula is C13H17FN2O2. The number of morpholine rings is 1. The van der Waals surface area contributed by atoms with E-state index in [0.717, 1.165) is 5.56 Å². The Hall–Kier alpha value is -1.46. The van der Waals surface area contributed by atoms with Gasteiger partial charge in [-0.1, -0.05) is 12.1 Å². The zero-order valence-electron chi connectivity index (χ0n) is 10.4. The lowest BCUT2D eigenvalue weighted by atomic mass is 10.0. The maximum Gasteiger partial charge on any atom is 0.249 e. The molecule has 5 heteroatoms. The number of ether oxygens (including phenoxy) is 1. The average molecular weight is 252 g/mol. The first-order chi connectivity index (χ1) is 8.52. The van der Waals surface area contributed by atoms with Crippen molar-refractivity contribution in [2.24, 2.45) is 5.73 Å². The molecular weight excluding hydrogens is 235 g/mol. The second kappa shape index (κ2) is 5.04. The fourth-order valence-electron chi connectivity index (χ4n) is 1.94. The number of hydrogen-bond acceptors (Lipinski definition) is 3. The highest BCUT2D eigenvalue weighted by Gasteiger charge is 2.34. The van der Waals surface area contributed by atoms with Crippen LogP contribution in [0, 0.1) is 5.82 Å². The molecule has 2 N–H and O–H groups in total. The van der Waals surface area contributed by atoms with Crippen LogP contribution in [0.1, 0.15) is 12.5 Å². The Morgan fingerprint density at radius 3 is 2.72 bits per heavy atom. The van der Waals surface area contributed by atoms with Crippen molar-refractivity contribution >= 4 is 5.91 Å². The Morgan fingerprint density at radius 2 is 2.11 bits per heavy atom. The monoisotopic (exact) mass is 252 g/mol. The van der Waals surface area contributed by atoms with Crippen molar-refractivity contribution < 1.29 is 13.9 Å². The van der Waals surface area contributed by atoms with Crippen LogP contribution in [0.25, 0.3) is 0 Å². The molecule has 0 spiro atoms. The highest BCUT2D eigenvalue weighted by Crippen LogP contribution is 2.19. The Balaban J connectivity index is 2.07. The number of nitrogens with two attached hydrogens (primary N) is 1. The molecule has 1 unspecified atom stereocenters. The zero-order chi connectivity index (χ0) is 13.2. The topological polar surface area (TPSA) is 55.6 Å². The number of amides is 1. The lowest BCUT2D eigenvalue weighted by Crippen LogP contribution is -2.56. The zero-order valence-corrected chi connectivity index (χ0v) is 10.4. The molecule has 1 aromatic carbocycles. The van der Waals surface area contributed by atoms with Gasteiger partial charge in [-0.2, -0.15) is 0 Å². The molecule has 0 aliphatic carbocycles. The lowest BCUT2D eigenvalue weighted by Gasteiger charge is -2.39. The van der Waals surface area contributed by atoms with Gasteiger partial charge in [-0.3, -0.25) is 4.79 Å². The van der Waals surface area contributed by atoms with Gasteiger partial charge < -0.3 is 15.4 Å². The second-order valence-corrected chi connectivity index (χ2v) is 4.82. The first-order valence-corrected chi connectivity index (χ1v) is 5.89. The third kappa shape index (κ3) is 2.86. The number of carbonyl (C=O) groups is 1. The number of carbonyl (C=O) groups excluding carboxylic acids is 1. The van der Waals surface area contributed by atoms with Crippen molar-refractivity contribution in [1.29, 1.82) is 0 Å². The first kappa shape index (κ1) is 13.0. The summed E-state index contributed by atoms with van der Waals surface area (Å²) in [6.07, 6.45) is 0. The quantitative estimate of drug-likeness (QED) is 0.869. The van der Waals surface area contributed by atoms with E-state index < -0.39 is 5.60 Å². The van der Waals surface area contributed by atoms with E-state index >= 15 is 0 Å². The van der Waals surface area contributed by atoms with Crippen LogP contribution in [0.3, 0.4) is 0 Å². The number of halogens is 1. The predicted molar refractivity (Wildman–Crippen MR) is 65.2 cm³/mol. The summed E-state index contributed by atoms with van der Waals surface area (Å²) in [5, 5.41) is 0. The maximum atomic E-state index is 12.8. The van der Waals surface area contributed by atoms with E-state index in [9.17, 15) is 9.18 Å². The molecule has 1 aromatic rings. The van der Waals surface area contributed by atoms with Crippen LogP contribution in [-0.4, -0.2) is 36.1 Å². The lowest BCUT2D eigenvalue weighted by molar-refractivity contribution is -0.160. The number of benzene rings is 1. The summed E-state index contributed by atoms with van der Waals surface area (Å²) in [6.45, 7) is 3.21. The van der Waals surface area contributed by atoms with Gasteiger partial charge in [-0.15, -0.1) is 0 Å². The van der Waals surface area contributed by atoms with E-state index in [0.29, 0.717) is 19.6 Å². The molecule has 0 saturated carbocycles. The van der Waals surface area contributed by atoms with Gasteiger partial charge in [0.2, 0.25) is 5.91 Å². The van der Waals surface area contributed by atoms with Crippen molar-refractivity contribution in [3.8, 4) is 0 Å². The van der Waals surface area contributed by atoms with E-state index in [2.05, 4.69) is 0 Å². The summed E-state index contributed by atoms with van der Waals surface area (Å²) in [4.78, 5) is 13.5.